The summed E-state index contributed by atoms with van der Waals surface area (Å²) in [7, 11) is -3.58. The maximum Gasteiger partial charge on any atom is 0.236 e. The SMILES string of the molecule is O=S(=O)(Nc1cc(-c2ccc(F)cc2F)cc(-n2cnc3ccccc32)n1)C1CC1. The van der Waals surface area contributed by atoms with Crippen LogP contribution in [0.5, 0.6) is 0 Å². The number of imidazole rings is 1. The minimum absolute atomic E-state index is 0.0657. The first kappa shape index (κ1) is 18.7. The number of hydrogen-bond donors (Lipinski definition) is 1. The number of rotatable bonds is 5. The molecule has 4 aromatic rings. The summed E-state index contributed by atoms with van der Waals surface area (Å²) in [5.41, 5.74) is 2.00. The fraction of sp³-hybridized carbons (Fsp3) is 0.143. The Morgan fingerprint density at radius 1 is 1.03 bits per heavy atom. The molecule has 0 unspecified atom stereocenters. The number of pyridine rings is 1. The summed E-state index contributed by atoms with van der Waals surface area (Å²) < 4.78 is 56.9. The van der Waals surface area contributed by atoms with Gasteiger partial charge < -0.3 is 0 Å². The van der Waals surface area contributed by atoms with Crippen molar-refractivity contribution in [3.05, 3.63) is 72.6 Å². The fourth-order valence-electron chi connectivity index (χ4n) is 3.32. The number of fused-ring (bicyclic) bond motifs is 1. The first-order valence-corrected chi connectivity index (χ1v) is 10.9. The Hall–Kier alpha value is -3.33. The third kappa shape index (κ3) is 3.41. The Bertz CT molecular complexity index is 1380. The Kier molecular flexibility index (Phi) is 4.28. The minimum Gasteiger partial charge on any atom is -0.283 e. The number of hydrogen-bond acceptors (Lipinski definition) is 4. The molecule has 1 aliphatic rings. The number of anilines is 1. The molecule has 5 rings (SSSR count). The van der Waals surface area contributed by atoms with Gasteiger partial charge in [0.1, 0.15) is 29.6 Å². The van der Waals surface area contributed by atoms with Crippen molar-refractivity contribution in [2.45, 2.75) is 18.1 Å². The highest BCUT2D eigenvalue weighted by atomic mass is 32.2. The van der Waals surface area contributed by atoms with E-state index in [1.54, 1.807) is 17.0 Å². The second kappa shape index (κ2) is 6.88. The van der Waals surface area contributed by atoms with Crippen LogP contribution in [-0.2, 0) is 10.0 Å². The smallest absolute Gasteiger partial charge is 0.236 e. The van der Waals surface area contributed by atoms with E-state index in [0.717, 1.165) is 23.2 Å². The van der Waals surface area contributed by atoms with Crippen LogP contribution in [0.1, 0.15) is 12.8 Å². The van der Waals surface area contributed by atoms with Gasteiger partial charge in [-0.1, -0.05) is 12.1 Å². The van der Waals surface area contributed by atoms with E-state index in [9.17, 15) is 17.2 Å². The van der Waals surface area contributed by atoms with Gasteiger partial charge in [0, 0.05) is 11.6 Å². The van der Waals surface area contributed by atoms with Crippen LogP contribution in [0.2, 0.25) is 0 Å². The molecule has 0 amide bonds. The maximum atomic E-state index is 14.5. The highest BCUT2D eigenvalue weighted by Crippen LogP contribution is 2.32. The second-order valence-electron chi connectivity index (χ2n) is 7.17. The largest absolute Gasteiger partial charge is 0.283 e. The zero-order valence-corrected chi connectivity index (χ0v) is 16.4. The number of aromatic nitrogens is 3. The Morgan fingerprint density at radius 3 is 2.60 bits per heavy atom. The van der Waals surface area contributed by atoms with Gasteiger partial charge in [-0.25, -0.2) is 27.2 Å². The molecule has 2 aromatic carbocycles. The molecule has 0 atom stereocenters. The molecule has 9 heteroatoms. The molecule has 1 saturated carbocycles. The molecule has 6 nitrogen and oxygen atoms in total. The fourth-order valence-corrected chi connectivity index (χ4v) is 4.64. The molecular formula is C21H16F2N4O2S. The number of sulfonamides is 1. The summed E-state index contributed by atoms with van der Waals surface area (Å²) in [6.45, 7) is 0. The quantitative estimate of drug-likeness (QED) is 0.517. The van der Waals surface area contributed by atoms with Crippen LogP contribution in [0.15, 0.2) is 60.9 Å². The highest BCUT2D eigenvalue weighted by molar-refractivity contribution is 7.93. The van der Waals surface area contributed by atoms with E-state index < -0.39 is 26.9 Å². The zero-order chi connectivity index (χ0) is 20.9. The normalized spacial score (nSPS) is 14.2. The van der Waals surface area contributed by atoms with E-state index >= 15 is 0 Å². The number of benzene rings is 2. The van der Waals surface area contributed by atoms with E-state index in [4.69, 9.17) is 0 Å². The minimum atomic E-state index is -3.58. The van der Waals surface area contributed by atoms with Crippen molar-refractivity contribution in [1.82, 2.24) is 14.5 Å². The van der Waals surface area contributed by atoms with Crippen LogP contribution in [0.3, 0.4) is 0 Å². The lowest BCUT2D eigenvalue weighted by molar-refractivity contribution is 0.585. The van der Waals surface area contributed by atoms with Gasteiger partial charge in [0.05, 0.1) is 16.3 Å². The van der Waals surface area contributed by atoms with Crippen LogP contribution in [0.25, 0.3) is 28.0 Å². The molecule has 1 aliphatic carbocycles. The topological polar surface area (TPSA) is 76.9 Å². The molecule has 1 fully saturated rings. The predicted molar refractivity (Wildman–Crippen MR) is 110 cm³/mol. The molecule has 1 N–H and O–H groups in total. The Labute approximate surface area is 171 Å². The molecule has 0 spiro atoms. The van der Waals surface area contributed by atoms with Gasteiger partial charge in [0.25, 0.3) is 0 Å². The standard InChI is InChI=1S/C21H16F2N4O2S/c22-14-5-8-16(17(23)11-14)13-9-20(26-30(28,29)15-6-7-15)25-21(10-13)27-12-24-18-3-1-2-4-19(18)27/h1-5,8-12,15H,6-7H2,(H,25,26). The van der Waals surface area contributed by atoms with Crippen molar-refractivity contribution in [2.24, 2.45) is 0 Å². The van der Waals surface area contributed by atoms with Gasteiger partial charge in [-0.2, -0.15) is 0 Å². The first-order chi connectivity index (χ1) is 14.4. The number of nitrogens with zero attached hydrogens (tertiary/aromatic N) is 3. The van der Waals surface area contributed by atoms with Crippen LogP contribution < -0.4 is 4.72 Å². The Balaban J connectivity index is 1.68. The average Bonchev–Trinajstić information content (AvgIpc) is 3.48. The highest BCUT2D eigenvalue weighted by Gasteiger charge is 2.36. The number of para-hydroxylation sites is 2. The summed E-state index contributed by atoms with van der Waals surface area (Å²) >= 11 is 0. The second-order valence-corrected chi connectivity index (χ2v) is 9.13. The van der Waals surface area contributed by atoms with Gasteiger partial charge in [-0.05, 0) is 54.8 Å². The lowest BCUT2D eigenvalue weighted by Crippen LogP contribution is -2.18. The summed E-state index contributed by atoms with van der Waals surface area (Å²) in [5.74, 6) is -1.02. The van der Waals surface area contributed by atoms with E-state index in [1.165, 1.54) is 12.1 Å². The summed E-state index contributed by atoms with van der Waals surface area (Å²) in [6.07, 6.45) is 2.76. The third-order valence-electron chi connectivity index (χ3n) is 4.96. The van der Waals surface area contributed by atoms with Gasteiger partial charge in [-0.3, -0.25) is 9.29 Å². The summed E-state index contributed by atoms with van der Waals surface area (Å²) in [4.78, 5) is 8.76. The van der Waals surface area contributed by atoms with E-state index in [2.05, 4.69) is 14.7 Å². The van der Waals surface area contributed by atoms with Gasteiger partial charge in [0.2, 0.25) is 10.0 Å². The van der Waals surface area contributed by atoms with E-state index in [-0.39, 0.29) is 11.4 Å². The van der Waals surface area contributed by atoms with Crippen molar-refractivity contribution in [3.8, 4) is 16.9 Å². The molecule has 0 bridgehead atoms. The van der Waals surface area contributed by atoms with Crippen LogP contribution in [0, 0.1) is 11.6 Å². The summed E-state index contributed by atoms with van der Waals surface area (Å²) in [5, 5.41) is -0.442. The third-order valence-corrected chi connectivity index (χ3v) is 6.81. The molecule has 30 heavy (non-hydrogen) atoms. The average molecular weight is 426 g/mol. The van der Waals surface area contributed by atoms with E-state index in [1.807, 2.05) is 24.3 Å². The predicted octanol–water partition coefficient (Wildman–Crippen LogP) is 4.27. The molecule has 2 heterocycles. The summed E-state index contributed by atoms with van der Waals surface area (Å²) in [6, 6.07) is 13.7. The maximum absolute atomic E-state index is 14.5. The lowest BCUT2D eigenvalue weighted by Gasteiger charge is -2.13. The molecule has 0 aliphatic heterocycles. The monoisotopic (exact) mass is 426 g/mol. The molecule has 2 aromatic heterocycles. The molecule has 152 valence electrons. The van der Waals surface area contributed by atoms with Crippen LogP contribution >= 0.6 is 0 Å². The van der Waals surface area contributed by atoms with Crippen molar-refractivity contribution < 1.29 is 17.2 Å². The van der Waals surface area contributed by atoms with Crippen molar-refractivity contribution >= 4 is 26.9 Å². The lowest BCUT2D eigenvalue weighted by atomic mass is 10.1. The number of halogens is 2. The van der Waals surface area contributed by atoms with E-state index in [0.29, 0.717) is 24.2 Å². The number of nitrogens with one attached hydrogen (secondary N) is 1. The van der Waals surface area contributed by atoms with Crippen LogP contribution in [-0.4, -0.2) is 28.2 Å². The first-order valence-electron chi connectivity index (χ1n) is 9.32. The van der Waals surface area contributed by atoms with Gasteiger partial charge >= 0.3 is 0 Å². The zero-order valence-electron chi connectivity index (χ0n) is 15.6. The van der Waals surface area contributed by atoms with Crippen molar-refractivity contribution in [2.75, 3.05) is 4.72 Å². The molecule has 0 saturated heterocycles. The van der Waals surface area contributed by atoms with Crippen molar-refractivity contribution in [1.29, 1.82) is 0 Å². The van der Waals surface area contributed by atoms with Crippen LogP contribution in [0.4, 0.5) is 14.6 Å². The molecule has 0 radical (unpaired) electrons. The van der Waals surface area contributed by atoms with Crippen molar-refractivity contribution in [3.63, 3.8) is 0 Å². The van der Waals surface area contributed by atoms with Gasteiger partial charge in [0.15, 0.2) is 0 Å². The Morgan fingerprint density at radius 2 is 1.83 bits per heavy atom. The molecular weight excluding hydrogens is 410 g/mol. The van der Waals surface area contributed by atoms with Gasteiger partial charge in [-0.15, -0.1) is 0 Å².